The van der Waals surface area contributed by atoms with Crippen LogP contribution in [-0.4, -0.2) is 16.8 Å². The number of amides is 1. The monoisotopic (exact) mass is 324 g/mol. The molecule has 0 radical (unpaired) electrons. The topological polar surface area (TPSA) is 65.5 Å². The molecule has 0 unspecified atom stereocenters. The summed E-state index contributed by atoms with van der Waals surface area (Å²) in [5.74, 6) is 2.70. The molecule has 2 aromatic carbocycles. The number of hydrazone groups is 1. The van der Waals surface area contributed by atoms with Crippen molar-refractivity contribution in [2.24, 2.45) is 5.10 Å². The molecule has 2 rings (SSSR count). The van der Waals surface area contributed by atoms with Crippen LogP contribution in [0.15, 0.2) is 65.8 Å². The van der Waals surface area contributed by atoms with Gasteiger partial charge in [0.05, 0.1) is 11.4 Å². The molecule has 5 nitrogen and oxygen atoms in total. The maximum atomic E-state index is 12.0. The first kappa shape index (κ1) is 16.5. The number of hydrogen-bond donors (Lipinski definition) is 3. The summed E-state index contributed by atoms with van der Waals surface area (Å²) >= 11 is 1.30. The molecule has 0 bridgehead atoms. The van der Waals surface area contributed by atoms with Gasteiger partial charge in [0.15, 0.2) is 5.17 Å². The van der Waals surface area contributed by atoms with Crippen LogP contribution in [0.4, 0.5) is 5.69 Å². The number of benzene rings is 2. The molecule has 0 saturated carbocycles. The number of carbonyl (C=O) groups is 1. The Labute approximate surface area is 139 Å². The largest absolute Gasteiger partial charge is 0.276 e. The molecule has 3 N–H and O–H groups in total. The Morgan fingerprint density at radius 1 is 1.04 bits per heavy atom. The molecule has 0 heterocycles. The van der Waals surface area contributed by atoms with E-state index in [2.05, 4.69) is 27.3 Å². The fourth-order valence-corrected chi connectivity index (χ4v) is 2.06. The number of rotatable bonds is 4. The lowest BCUT2D eigenvalue weighted by Crippen LogP contribution is -2.40. The average molecular weight is 324 g/mol. The third-order valence-corrected chi connectivity index (χ3v) is 3.45. The Morgan fingerprint density at radius 2 is 1.70 bits per heavy atom. The second-order valence-electron chi connectivity index (χ2n) is 4.33. The Morgan fingerprint density at radius 3 is 2.35 bits per heavy atom. The minimum absolute atomic E-state index is 0.251. The average Bonchev–Trinajstić information content (AvgIpc) is 2.62. The minimum Gasteiger partial charge on any atom is -0.276 e. The molecule has 0 saturated heterocycles. The number of terminal acetylenes is 1. The van der Waals surface area contributed by atoms with Gasteiger partial charge in [0.25, 0.3) is 5.91 Å². The molecule has 0 fully saturated rings. The van der Waals surface area contributed by atoms with Gasteiger partial charge in [0, 0.05) is 5.56 Å². The molecular formula is C17H16N4OS. The zero-order valence-corrected chi connectivity index (χ0v) is 13.1. The Balaban J connectivity index is 1.95. The first-order chi connectivity index (χ1) is 11.3. The van der Waals surface area contributed by atoms with Crippen LogP contribution in [-0.2, 0) is 0 Å². The van der Waals surface area contributed by atoms with E-state index in [-0.39, 0.29) is 5.91 Å². The second-order valence-corrected chi connectivity index (χ2v) is 5.30. The van der Waals surface area contributed by atoms with E-state index in [0.717, 1.165) is 5.69 Å². The van der Waals surface area contributed by atoms with Gasteiger partial charge in [-0.1, -0.05) is 54.1 Å². The van der Waals surface area contributed by atoms with Gasteiger partial charge >= 0.3 is 0 Å². The summed E-state index contributed by atoms with van der Waals surface area (Å²) in [5.41, 5.74) is 9.66. The van der Waals surface area contributed by atoms with Gasteiger partial charge in [-0.3, -0.25) is 21.1 Å². The van der Waals surface area contributed by atoms with Gasteiger partial charge in [-0.05, 0) is 24.3 Å². The van der Waals surface area contributed by atoms with Crippen LogP contribution in [0, 0.1) is 12.3 Å². The molecular weight excluding hydrogens is 308 g/mol. The molecule has 0 aliphatic carbocycles. The number of hydrazine groups is 1. The summed E-state index contributed by atoms with van der Waals surface area (Å²) in [6.45, 7) is 0. The zero-order chi connectivity index (χ0) is 16.3. The smallest absolute Gasteiger partial charge is 0.269 e. The maximum Gasteiger partial charge on any atom is 0.269 e. The molecule has 23 heavy (non-hydrogen) atoms. The highest BCUT2D eigenvalue weighted by Gasteiger charge is 2.06. The summed E-state index contributed by atoms with van der Waals surface area (Å²) in [6, 6.07) is 18.4. The van der Waals surface area contributed by atoms with E-state index in [0.29, 0.717) is 16.5 Å². The Hall–Kier alpha value is -2.91. The number of para-hydroxylation sites is 1. The SMILES string of the molecule is C#CCS/C(=N\Nc1ccccc1)NNC(=O)c1ccccc1. The van der Waals surface area contributed by atoms with Gasteiger partial charge in [-0.25, -0.2) is 0 Å². The van der Waals surface area contributed by atoms with Crippen LogP contribution in [0.25, 0.3) is 0 Å². The number of anilines is 1. The lowest BCUT2D eigenvalue weighted by molar-refractivity contribution is 0.0944. The van der Waals surface area contributed by atoms with Crippen molar-refractivity contribution in [3.05, 3.63) is 66.2 Å². The van der Waals surface area contributed by atoms with E-state index in [9.17, 15) is 4.79 Å². The lowest BCUT2D eigenvalue weighted by atomic mass is 10.2. The third-order valence-electron chi connectivity index (χ3n) is 2.67. The highest BCUT2D eigenvalue weighted by molar-refractivity contribution is 8.14. The van der Waals surface area contributed by atoms with Crippen LogP contribution in [0.5, 0.6) is 0 Å². The Kier molecular flexibility index (Phi) is 6.57. The first-order valence-electron chi connectivity index (χ1n) is 6.86. The predicted octanol–water partition coefficient (Wildman–Crippen LogP) is 2.67. The molecule has 2 aromatic rings. The van der Waals surface area contributed by atoms with Crippen molar-refractivity contribution >= 4 is 28.5 Å². The van der Waals surface area contributed by atoms with Gasteiger partial charge in [-0.2, -0.15) is 0 Å². The molecule has 116 valence electrons. The molecule has 0 aromatic heterocycles. The number of nitrogens with one attached hydrogen (secondary N) is 3. The van der Waals surface area contributed by atoms with Crippen LogP contribution >= 0.6 is 11.8 Å². The predicted molar refractivity (Wildman–Crippen MR) is 95.8 cm³/mol. The zero-order valence-electron chi connectivity index (χ0n) is 12.3. The van der Waals surface area contributed by atoms with Crippen LogP contribution in [0.2, 0.25) is 0 Å². The van der Waals surface area contributed by atoms with Crippen molar-refractivity contribution in [1.82, 2.24) is 10.9 Å². The van der Waals surface area contributed by atoms with Gasteiger partial charge in [-0.15, -0.1) is 11.5 Å². The molecule has 1 amide bonds. The summed E-state index contributed by atoms with van der Waals surface area (Å²) in [7, 11) is 0. The number of carbonyl (C=O) groups excluding carboxylic acids is 1. The fourth-order valence-electron chi connectivity index (χ4n) is 1.61. The second kappa shape index (κ2) is 9.18. The van der Waals surface area contributed by atoms with E-state index >= 15 is 0 Å². The van der Waals surface area contributed by atoms with E-state index in [1.807, 2.05) is 36.4 Å². The van der Waals surface area contributed by atoms with Gasteiger partial charge in [0.1, 0.15) is 0 Å². The van der Waals surface area contributed by atoms with E-state index in [1.54, 1.807) is 24.3 Å². The van der Waals surface area contributed by atoms with Crippen LogP contribution < -0.4 is 16.3 Å². The van der Waals surface area contributed by atoms with E-state index < -0.39 is 0 Å². The van der Waals surface area contributed by atoms with Gasteiger partial charge in [0.2, 0.25) is 0 Å². The van der Waals surface area contributed by atoms with Crippen molar-refractivity contribution in [1.29, 1.82) is 0 Å². The highest BCUT2D eigenvalue weighted by atomic mass is 32.2. The number of hydrogen-bond acceptors (Lipinski definition) is 4. The molecule has 0 aliphatic rings. The van der Waals surface area contributed by atoms with Crippen molar-refractivity contribution in [2.45, 2.75) is 0 Å². The van der Waals surface area contributed by atoms with E-state index in [4.69, 9.17) is 6.42 Å². The quantitative estimate of drug-likeness (QED) is 0.350. The summed E-state index contributed by atoms with van der Waals surface area (Å²) in [4.78, 5) is 12.0. The number of amidine groups is 1. The molecule has 0 spiro atoms. The molecule has 0 aliphatic heterocycles. The minimum atomic E-state index is -0.251. The van der Waals surface area contributed by atoms with Crippen molar-refractivity contribution in [2.75, 3.05) is 11.2 Å². The first-order valence-corrected chi connectivity index (χ1v) is 7.84. The fraction of sp³-hybridized carbons (Fsp3) is 0.0588. The van der Waals surface area contributed by atoms with Crippen molar-refractivity contribution in [3.63, 3.8) is 0 Å². The highest BCUT2D eigenvalue weighted by Crippen LogP contribution is 2.07. The standard InChI is InChI=1S/C17H16N4OS/c1-2-13-23-17(20-18-15-11-7-4-8-12-15)21-19-16(22)14-9-5-3-6-10-14/h1,3-12,18H,13H2,(H,19,22)(H,20,21). The maximum absolute atomic E-state index is 12.0. The molecule has 6 heteroatoms. The lowest BCUT2D eigenvalue weighted by Gasteiger charge is -2.10. The molecule has 0 atom stereocenters. The van der Waals surface area contributed by atoms with Crippen molar-refractivity contribution in [3.8, 4) is 12.3 Å². The summed E-state index contributed by atoms with van der Waals surface area (Å²) in [5, 5.41) is 4.67. The number of nitrogens with zero attached hydrogens (tertiary/aromatic N) is 1. The third kappa shape index (κ3) is 5.77. The Bertz CT molecular complexity index is 696. The normalized spacial score (nSPS) is 10.5. The van der Waals surface area contributed by atoms with E-state index in [1.165, 1.54) is 11.8 Å². The number of thioether (sulfide) groups is 1. The van der Waals surface area contributed by atoms with Gasteiger partial charge < -0.3 is 0 Å². The van der Waals surface area contributed by atoms with Crippen molar-refractivity contribution < 1.29 is 4.79 Å². The summed E-state index contributed by atoms with van der Waals surface area (Å²) in [6.07, 6.45) is 5.27. The van der Waals surface area contributed by atoms with Crippen LogP contribution in [0.1, 0.15) is 10.4 Å². The van der Waals surface area contributed by atoms with Crippen LogP contribution in [0.3, 0.4) is 0 Å². The summed E-state index contributed by atoms with van der Waals surface area (Å²) < 4.78 is 0.